The second-order valence-corrected chi connectivity index (χ2v) is 7.28. The van der Waals surface area contributed by atoms with Crippen LogP contribution in [0.15, 0.2) is 12.4 Å². The van der Waals surface area contributed by atoms with Crippen LogP contribution in [0.1, 0.15) is 36.2 Å². The maximum absolute atomic E-state index is 12.7. The van der Waals surface area contributed by atoms with Crippen molar-refractivity contribution in [1.82, 2.24) is 19.8 Å². The number of rotatable bonds is 4. The van der Waals surface area contributed by atoms with Crippen molar-refractivity contribution >= 4 is 5.91 Å². The number of hydrogen-bond acceptors (Lipinski definition) is 6. The van der Waals surface area contributed by atoms with E-state index in [1.807, 2.05) is 4.90 Å². The second kappa shape index (κ2) is 7.25. The fourth-order valence-electron chi connectivity index (χ4n) is 4.37. The minimum Gasteiger partial charge on any atom is -0.480 e. The SMILES string of the molecule is COc1cnc(C(=O)N2C[C@@H]3OCCN(CC4CCCC4)[C@H]3C2)cn1. The molecule has 3 fully saturated rings. The fourth-order valence-corrected chi connectivity index (χ4v) is 4.37. The smallest absolute Gasteiger partial charge is 0.274 e. The van der Waals surface area contributed by atoms with Gasteiger partial charge in [0.15, 0.2) is 0 Å². The van der Waals surface area contributed by atoms with Gasteiger partial charge in [0.25, 0.3) is 5.91 Å². The molecule has 0 radical (unpaired) electrons. The maximum Gasteiger partial charge on any atom is 0.274 e. The zero-order valence-electron chi connectivity index (χ0n) is 14.8. The van der Waals surface area contributed by atoms with Crippen LogP contribution in [0.3, 0.4) is 0 Å². The van der Waals surface area contributed by atoms with Crippen molar-refractivity contribution in [3.05, 3.63) is 18.1 Å². The molecule has 1 aromatic heterocycles. The molecule has 1 amide bonds. The first-order valence-corrected chi connectivity index (χ1v) is 9.25. The normalized spacial score (nSPS) is 27.5. The lowest BCUT2D eigenvalue weighted by Gasteiger charge is -2.38. The first-order valence-electron chi connectivity index (χ1n) is 9.25. The van der Waals surface area contributed by atoms with Gasteiger partial charge < -0.3 is 14.4 Å². The summed E-state index contributed by atoms with van der Waals surface area (Å²) >= 11 is 0. The van der Waals surface area contributed by atoms with Crippen molar-refractivity contribution in [2.24, 2.45) is 5.92 Å². The quantitative estimate of drug-likeness (QED) is 0.816. The fraction of sp³-hybridized carbons (Fsp3) is 0.722. The number of hydrogen-bond donors (Lipinski definition) is 0. The molecule has 3 heterocycles. The number of carbonyl (C=O) groups excluding carboxylic acids is 1. The van der Waals surface area contributed by atoms with Gasteiger partial charge in [0.05, 0.1) is 38.3 Å². The van der Waals surface area contributed by atoms with Crippen LogP contribution in [-0.4, -0.2) is 77.7 Å². The Bertz CT molecular complexity index is 603. The van der Waals surface area contributed by atoms with E-state index in [1.165, 1.54) is 45.2 Å². The summed E-state index contributed by atoms with van der Waals surface area (Å²) in [6, 6.07) is 0.310. The van der Waals surface area contributed by atoms with Crippen LogP contribution >= 0.6 is 0 Å². The topological polar surface area (TPSA) is 67.8 Å². The summed E-state index contributed by atoms with van der Waals surface area (Å²) in [5.41, 5.74) is 0.363. The van der Waals surface area contributed by atoms with Gasteiger partial charge in [-0.15, -0.1) is 0 Å². The summed E-state index contributed by atoms with van der Waals surface area (Å²) in [5.74, 6) is 1.16. The van der Waals surface area contributed by atoms with Crippen LogP contribution in [0.4, 0.5) is 0 Å². The van der Waals surface area contributed by atoms with Crippen molar-refractivity contribution < 1.29 is 14.3 Å². The Hall–Kier alpha value is -1.73. The molecule has 136 valence electrons. The number of carbonyl (C=O) groups is 1. The summed E-state index contributed by atoms with van der Waals surface area (Å²) in [5, 5.41) is 0. The second-order valence-electron chi connectivity index (χ2n) is 7.28. The molecule has 0 aromatic carbocycles. The van der Waals surface area contributed by atoms with Gasteiger partial charge in [0.2, 0.25) is 5.88 Å². The van der Waals surface area contributed by atoms with E-state index in [4.69, 9.17) is 9.47 Å². The number of methoxy groups -OCH3 is 1. The van der Waals surface area contributed by atoms with Gasteiger partial charge in [0.1, 0.15) is 5.69 Å². The zero-order chi connectivity index (χ0) is 17.2. The molecule has 25 heavy (non-hydrogen) atoms. The molecule has 1 saturated carbocycles. The molecular formula is C18H26N4O3. The Morgan fingerprint density at radius 2 is 2.12 bits per heavy atom. The Labute approximate surface area is 148 Å². The molecule has 3 aliphatic rings. The lowest BCUT2D eigenvalue weighted by Crippen LogP contribution is -2.52. The molecule has 0 unspecified atom stereocenters. The minimum absolute atomic E-state index is 0.0750. The van der Waals surface area contributed by atoms with Crippen LogP contribution in [0.2, 0.25) is 0 Å². The van der Waals surface area contributed by atoms with E-state index in [2.05, 4.69) is 14.9 Å². The molecule has 2 atom stereocenters. The highest BCUT2D eigenvalue weighted by atomic mass is 16.5. The van der Waals surface area contributed by atoms with Gasteiger partial charge in [-0.05, 0) is 18.8 Å². The third-order valence-corrected chi connectivity index (χ3v) is 5.73. The highest BCUT2D eigenvalue weighted by Gasteiger charge is 2.42. The molecule has 0 spiro atoms. The maximum atomic E-state index is 12.7. The number of ether oxygens (including phenoxy) is 2. The van der Waals surface area contributed by atoms with E-state index in [1.54, 1.807) is 0 Å². The van der Waals surface area contributed by atoms with Crippen molar-refractivity contribution in [1.29, 1.82) is 0 Å². The van der Waals surface area contributed by atoms with E-state index in [9.17, 15) is 4.79 Å². The third-order valence-electron chi connectivity index (χ3n) is 5.73. The van der Waals surface area contributed by atoms with Gasteiger partial charge >= 0.3 is 0 Å². The van der Waals surface area contributed by atoms with Gasteiger partial charge in [-0.1, -0.05) is 12.8 Å². The molecule has 0 bridgehead atoms. The average Bonchev–Trinajstić information content (AvgIpc) is 3.31. The lowest BCUT2D eigenvalue weighted by molar-refractivity contribution is -0.0516. The molecule has 2 aliphatic heterocycles. The third kappa shape index (κ3) is 3.48. The van der Waals surface area contributed by atoms with Gasteiger partial charge in [-0.25, -0.2) is 9.97 Å². The van der Waals surface area contributed by atoms with Crippen LogP contribution in [-0.2, 0) is 4.74 Å². The van der Waals surface area contributed by atoms with Crippen molar-refractivity contribution in [3.8, 4) is 5.88 Å². The Morgan fingerprint density at radius 3 is 2.84 bits per heavy atom. The van der Waals surface area contributed by atoms with Crippen molar-refractivity contribution in [3.63, 3.8) is 0 Å². The summed E-state index contributed by atoms with van der Waals surface area (Å²) < 4.78 is 11.0. The van der Waals surface area contributed by atoms with E-state index in [0.29, 0.717) is 30.7 Å². The van der Waals surface area contributed by atoms with Crippen LogP contribution in [0.25, 0.3) is 0 Å². The highest BCUT2D eigenvalue weighted by molar-refractivity contribution is 5.92. The molecule has 4 rings (SSSR count). The molecule has 7 nitrogen and oxygen atoms in total. The number of aromatic nitrogens is 2. The monoisotopic (exact) mass is 346 g/mol. The van der Waals surface area contributed by atoms with Gasteiger partial charge in [0, 0.05) is 26.2 Å². The van der Waals surface area contributed by atoms with Crippen LogP contribution in [0, 0.1) is 5.92 Å². The molecule has 0 N–H and O–H groups in total. The Balaban J connectivity index is 1.41. The summed E-state index contributed by atoms with van der Waals surface area (Å²) in [7, 11) is 1.53. The standard InChI is InChI=1S/C18H26N4O3/c1-24-17-9-19-14(8-20-17)18(23)22-11-15-16(12-22)25-7-6-21(15)10-13-4-2-3-5-13/h8-9,13,15-16H,2-7,10-12H2,1H3/t15-,16-/m0/s1. The van der Waals surface area contributed by atoms with Crippen LogP contribution in [0.5, 0.6) is 5.88 Å². The first-order chi connectivity index (χ1) is 12.2. The molecule has 2 saturated heterocycles. The van der Waals surface area contributed by atoms with Crippen LogP contribution < -0.4 is 4.74 Å². The largest absolute Gasteiger partial charge is 0.480 e. The molecular weight excluding hydrogens is 320 g/mol. The minimum atomic E-state index is -0.0750. The van der Waals surface area contributed by atoms with Crippen molar-refractivity contribution in [2.75, 3.05) is 39.9 Å². The molecule has 7 heteroatoms. The molecule has 1 aromatic rings. The Morgan fingerprint density at radius 1 is 1.28 bits per heavy atom. The van der Waals surface area contributed by atoms with Gasteiger partial charge in [-0.2, -0.15) is 0 Å². The number of fused-ring (bicyclic) bond motifs is 1. The first kappa shape index (κ1) is 16.7. The highest BCUT2D eigenvalue weighted by Crippen LogP contribution is 2.30. The van der Waals surface area contributed by atoms with E-state index < -0.39 is 0 Å². The summed E-state index contributed by atoms with van der Waals surface area (Å²) in [6.07, 6.45) is 8.51. The number of likely N-dealkylation sites (tertiary alicyclic amines) is 1. The summed E-state index contributed by atoms with van der Waals surface area (Å²) in [4.78, 5) is 25.4. The molecule has 1 aliphatic carbocycles. The number of morpholine rings is 1. The van der Waals surface area contributed by atoms with E-state index in [0.717, 1.165) is 25.6 Å². The van der Waals surface area contributed by atoms with E-state index >= 15 is 0 Å². The summed E-state index contributed by atoms with van der Waals surface area (Å²) in [6.45, 7) is 4.23. The predicted octanol–water partition coefficient (Wildman–Crippen LogP) is 1.20. The number of nitrogens with zero attached hydrogens (tertiary/aromatic N) is 4. The Kier molecular flexibility index (Phi) is 4.85. The number of amides is 1. The average molecular weight is 346 g/mol. The lowest BCUT2D eigenvalue weighted by atomic mass is 10.0. The zero-order valence-corrected chi connectivity index (χ0v) is 14.8. The predicted molar refractivity (Wildman–Crippen MR) is 91.5 cm³/mol. The van der Waals surface area contributed by atoms with E-state index in [-0.39, 0.29) is 12.0 Å². The van der Waals surface area contributed by atoms with Crippen molar-refractivity contribution in [2.45, 2.75) is 37.8 Å². The van der Waals surface area contributed by atoms with Gasteiger partial charge in [-0.3, -0.25) is 9.69 Å².